The van der Waals surface area contributed by atoms with E-state index in [2.05, 4.69) is 10.3 Å². The zero-order chi connectivity index (χ0) is 15.3. The van der Waals surface area contributed by atoms with E-state index in [0.717, 1.165) is 5.56 Å². The second-order valence-electron chi connectivity index (χ2n) is 4.69. The molecule has 1 N–H and O–H groups in total. The van der Waals surface area contributed by atoms with Crippen molar-refractivity contribution in [2.24, 2.45) is 0 Å². The molecule has 0 radical (unpaired) electrons. The van der Waals surface area contributed by atoms with E-state index in [1.54, 1.807) is 19.3 Å². The van der Waals surface area contributed by atoms with Crippen LogP contribution in [0.5, 0.6) is 0 Å². The maximum absolute atomic E-state index is 12.6. The van der Waals surface area contributed by atoms with Crippen molar-refractivity contribution in [1.82, 2.24) is 9.29 Å². The van der Waals surface area contributed by atoms with Gasteiger partial charge in [-0.2, -0.15) is 4.31 Å². The highest BCUT2D eigenvalue weighted by Crippen LogP contribution is 2.18. The van der Waals surface area contributed by atoms with Gasteiger partial charge in [0, 0.05) is 26.3 Å². The van der Waals surface area contributed by atoms with Crippen molar-refractivity contribution < 1.29 is 8.42 Å². The van der Waals surface area contributed by atoms with Crippen LogP contribution in [0.15, 0.2) is 53.7 Å². The van der Waals surface area contributed by atoms with E-state index in [1.807, 2.05) is 37.3 Å². The van der Waals surface area contributed by atoms with E-state index in [4.69, 9.17) is 0 Å². The van der Waals surface area contributed by atoms with Crippen molar-refractivity contribution in [3.63, 3.8) is 0 Å². The first-order valence-electron chi connectivity index (χ1n) is 6.73. The summed E-state index contributed by atoms with van der Waals surface area (Å²) in [5.41, 5.74) is 1.64. The van der Waals surface area contributed by atoms with Crippen molar-refractivity contribution in [1.29, 1.82) is 0 Å². The van der Waals surface area contributed by atoms with E-state index in [9.17, 15) is 8.42 Å². The quantitative estimate of drug-likeness (QED) is 0.890. The van der Waals surface area contributed by atoms with Crippen LogP contribution in [0.4, 0.5) is 5.69 Å². The number of hydrogen-bond acceptors (Lipinski definition) is 4. The highest BCUT2D eigenvalue weighted by molar-refractivity contribution is 7.89. The second-order valence-corrected chi connectivity index (χ2v) is 6.73. The Balaban J connectivity index is 2.22. The number of hydrogen-bond donors (Lipinski definition) is 1. The molecule has 21 heavy (non-hydrogen) atoms. The van der Waals surface area contributed by atoms with E-state index < -0.39 is 10.0 Å². The number of anilines is 1. The molecule has 0 spiro atoms. The van der Waals surface area contributed by atoms with Crippen LogP contribution in [0.3, 0.4) is 0 Å². The largest absolute Gasteiger partial charge is 0.384 e. The smallest absolute Gasteiger partial charge is 0.244 e. The highest BCUT2D eigenvalue weighted by atomic mass is 32.2. The lowest BCUT2D eigenvalue weighted by molar-refractivity contribution is 0.466. The van der Waals surface area contributed by atoms with Gasteiger partial charge in [0.15, 0.2) is 0 Å². The SMILES string of the molecule is CCNc1cncc(S(=O)(=O)N(C)Cc2ccccc2)c1. The third-order valence-electron chi connectivity index (χ3n) is 3.05. The van der Waals surface area contributed by atoms with Crippen molar-refractivity contribution in [3.05, 3.63) is 54.4 Å². The second kappa shape index (κ2) is 6.69. The number of benzene rings is 1. The Morgan fingerprint density at radius 1 is 1.19 bits per heavy atom. The van der Waals surface area contributed by atoms with Gasteiger partial charge in [0.1, 0.15) is 4.90 Å². The summed E-state index contributed by atoms with van der Waals surface area (Å²) in [7, 11) is -1.98. The van der Waals surface area contributed by atoms with Crippen LogP contribution in [0.25, 0.3) is 0 Å². The summed E-state index contributed by atoms with van der Waals surface area (Å²) in [5, 5.41) is 3.06. The minimum absolute atomic E-state index is 0.194. The van der Waals surface area contributed by atoms with Crippen molar-refractivity contribution in [3.8, 4) is 0 Å². The Kier molecular flexibility index (Phi) is 4.93. The predicted molar refractivity (Wildman–Crippen MR) is 83.5 cm³/mol. The van der Waals surface area contributed by atoms with E-state index in [-0.39, 0.29) is 4.90 Å². The fourth-order valence-electron chi connectivity index (χ4n) is 1.97. The maximum Gasteiger partial charge on any atom is 0.244 e. The summed E-state index contributed by atoms with van der Waals surface area (Å²) in [5.74, 6) is 0. The molecule has 112 valence electrons. The average Bonchev–Trinajstić information content (AvgIpc) is 2.49. The van der Waals surface area contributed by atoms with Crippen LogP contribution in [0, 0.1) is 0 Å². The van der Waals surface area contributed by atoms with Gasteiger partial charge in [-0.3, -0.25) is 4.98 Å². The van der Waals surface area contributed by atoms with Gasteiger partial charge in [-0.05, 0) is 18.6 Å². The maximum atomic E-state index is 12.6. The molecule has 6 heteroatoms. The summed E-state index contributed by atoms with van der Waals surface area (Å²) >= 11 is 0. The monoisotopic (exact) mass is 305 g/mol. The van der Waals surface area contributed by atoms with Gasteiger partial charge >= 0.3 is 0 Å². The molecule has 0 saturated heterocycles. The topological polar surface area (TPSA) is 62.3 Å². The molecule has 0 atom stereocenters. The van der Waals surface area contributed by atoms with Gasteiger partial charge in [-0.15, -0.1) is 0 Å². The first-order chi connectivity index (χ1) is 10.0. The molecule has 0 aliphatic carbocycles. The molecule has 1 aromatic carbocycles. The van der Waals surface area contributed by atoms with Gasteiger partial charge in [0.2, 0.25) is 10.0 Å². The molecule has 2 aromatic rings. The van der Waals surface area contributed by atoms with Gasteiger partial charge < -0.3 is 5.32 Å². The third-order valence-corrected chi connectivity index (χ3v) is 4.82. The lowest BCUT2D eigenvalue weighted by Crippen LogP contribution is -2.26. The lowest BCUT2D eigenvalue weighted by atomic mass is 10.2. The van der Waals surface area contributed by atoms with Crippen LogP contribution in [-0.4, -0.2) is 31.3 Å². The van der Waals surface area contributed by atoms with Crippen molar-refractivity contribution in [2.45, 2.75) is 18.4 Å². The predicted octanol–water partition coefficient (Wildman–Crippen LogP) is 2.33. The van der Waals surface area contributed by atoms with Crippen LogP contribution >= 0.6 is 0 Å². The minimum Gasteiger partial charge on any atom is -0.384 e. The molecule has 0 aliphatic heterocycles. The third kappa shape index (κ3) is 3.80. The molecule has 0 amide bonds. The molecule has 0 bridgehead atoms. The number of aromatic nitrogens is 1. The Labute approximate surface area is 125 Å². The van der Waals surface area contributed by atoms with Crippen LogP contribution in [0.1, 0.15) is 12.5 Å². The molecular weight excluding hydrogens is 286 g/mol. The van der Waals surface area contributed by atoms with E-state index in [0.29, 0.717) is 18.8 Å². The zero-order valence-electron chi connectivity index (χ0n) is 12.2. The summed E-state index contributed by atoms with van der Waals surface area (Å²) in [6.45, 7) is 2.99. The van der Waals surface area contributed by atoms with Crippen LogP contribution in [-0.2, 0) is 16.6 Å². The Morgan fingerprint density at radius 3 is 2.57 bits per heavy atom. The van der Waals surface area contributed by atoms with Gasteiger partial charge in [0.25, 0.3) is 0 Å². The Hall–Kier alpha value is -1.92. The molecule has 0 saturated carbocycles. The summed E-state index contributed by atoms with van der Waals surface area (Å²) in [6, 6.07) is 11.1. The molecule has 0 aliphatic rings. The number of rotatable bonds is 6. The highest BCUT2D eigenvalue weighted by Gasteiger charge is 2.21. The standard InChI is InChI=1S/C15H19N3O2S/c1-3-17-14-9-15(11-16-10-14)21(19,20)18(2)12-13-7-5-4-6-8-13/h4-11,17H,3,12H2,1-2H3. The molecule has 2 rings (SSSR count). The van der Waals surface area contributed by atoms with Gasteiger partial charge in [-0.25, -0.2) is 8.42 Å². The normalized spacial score (nSPS) is 11.6. The van der Waals surface area contributed by atoms with Gasteiger partial charge in [0.05, 0.1) is 11.9 Å². The average molecular weight is 305 g/mol. The number of nitrogens with one attached hydrogen (secondary N) is 1. The number of pyridine rings is 1. The first-order valence-corrected chi connectivity index (χ1v) is 8.17. The van der Waals surface area contributed by atoms with E-state index >= 15 is 0 Å². The van der Waals surface area contributed by atoms with Crippen LogP contribution in [0.2, 0.25) is 0 Å². The summed E-state index contributed by atoms with van der Waals surface area (Å²) < 4.78 is 26.4. The van der Waals surface area contributed by atoms with Crippen molar-refractivity contribution >= 4 is 15.7 Å². The minimum atomic E-state index is -3.55. The molecule has 0 unspecified atom stereocenters. The molecule has 0 fully saturated rings. The van der Waals surface area contributed by atoms with Gasteiger partial charge in [-0.1, -0.05) is 30.3 Å². The lowest BCUT2D eigenvalue weighted by Gasteiger charge is -2.17. The first kappa shape index (κ1) is 15.5. The fourth-order valence-corrected chi connectivity index (χ4v) is 3.12. The summed E-state index contributed by atoms with van der Waals surface area (Å²) in [6.07, 6.45) is 2.98. The zero-order valence-corrected chi connectivity index (χ0v) is 13.0. The summed E-state index contributed by atoms with van der Waals surface area (Å²) in [4.78, 5) is 4.18. The number of nitrogens with zero attached hydrogens (tertiary/aromatic N) is 2. The molecule has 5 nitrogen and oxygen atoms in total. The van der Waals surface area contributed by atoms with Crippen molar-refractivity contribution in [2.75, 3.05) is 18.9 Å². The van der Waals surface area contributed by atoms with E-state index in [1.165, 1.54) is 10.5 Å². The molecule has 1 heterocycles. The molecule has 1 aromatic heterocycles. The number of sulfonamides is 1. The fraction of sp³-hybridized carbons (Fsp3) is 0.267. The Bertz CT molecular complexity index is 687. The molecular formula is C15H19N3O2S. The Morgan fingerprint density at radius 2 is 1.90 bits per heavy atom. The van der Waals surface area contributed by atoms with Crippen LogP contribution < -0.4 is 5.32 Å².